The first-order valence-corrected chi connectivity index (χ1v) is 6.18. The van der Waals surface area contributed by atoms with Gasteiger partial charge >= 0.3 is 5.97 Å². The molecule has 0 spiro atoms. The SMILES string of the molecule is COC(=O)C(NC(=O)c1cccn1C)c1ccccc1. The second-order valence-electron chi connectivity index (χ2n) is 4.34. The van der Waals surface area contributed by atoms with Gasteiger partial charge in [-0.05, 0) is 17.7 Å². The van der Waals surface area contributed by atoms with Crippen molar-refractivity contribution in [2.75, 3.05) is 7.11 Å². The molecule has 1 heterocycles. The lowest BCUT2D eigenvalue weighted by molar-refractivity contribution is -0.143. The third kappa shape index (κ3) is 2.88. The molecule has 1 unspecified atom stereocenters. The Hall–Kier alpha value is -2.56. The third-order valence-electron chi connectivity index (χ3n) is 3.02. The highest BCUT2D eigenvalue weighted by atomic mass is 16.5. The summed E-state index contributed by atoms with van der Waals surface area (Å²) >= 11 is 0. The molecule has 104 valence electrons. The molecule has 1 aromatic heterocycles. The number of ether oxygens (including phenoxy) is 1. The van der Waals surface area contributed by atoms with E-state index in [1.807, 2.05) is 6.07 Å². The van der Waals surface area contributed by atoms with Crippen LogP contribution in [0, 0.1) is 0 Å². The zero-order chi connectivity index (χ0) is 14.5. The van der Waals surface area contributed by atoms with Crippen LogP contribution in [0.4, 0.5) is 0 Å². The number of hydrogen-bond acceptors (Lipinski definition) is 3. The Morgan fingerprint density at radius 3 is 2.40 bits per heavy atom. The van der Waals surface area contributed by atoms with Crippen LogP contribution in [0.25, 0.3) is 0 Å². The number of carbonyl (C=O) groups excluding carboxylic acids is 2. The van der Waals surface area contributed by atoms with E-state index in [0.717, 1.165) is 0 Å². The normalized spacial score (nSPS) is 11.7. The number of hydrogen-bond donors (Lipinski definition) is 1. The zero-order valence-electron chi connectivity index (χ0n) is 11.4. The number of rotatable bonds is 4. The molecular formula is C15H16N2O3. The van der Waals surface area contributed by atoms with Gasteiger partial charge in [-0.15, -0.1) is 0 Å². The summed E-state index contributed by atoms with van der Waals surface area (Å²) in [5.41, 5.74) is 1.16. The summed E-state index contributed by atoms with van der Waals surface area (Å²) in [5, 5.41) is 2.69. The van der Waals surface area contributed by atoms with E-state index in [1.165, 1.54) is 7.11 Å². The van der Waals surface area contributed by atoms with Crippen molar-refractivity contribution in [1.82, 2.24) is 9.88 Å². The van der Waals surface area contributed by atoms with Crippen molar-refractivity contribution in [3.63, 3.8) is 0 Å². The number of esters is 1. The lowest BCUT2D eigenvalue weighted by Gasteiger charge is -2.17. The number of methoxy groups -OCH3 is 1. The molecule has 0 aliphatic heterocycles. The van der Waals surface area contributed by atoms with Crippen molar-refractivity contribution in [1.29, 1.82) is 0 Å². The average molecular weight is 272 g/mol. The minimum Gasteiger partial charge on any atom is -0.467 e. The zero-order valence-corrected chi connectivity index (χ0v) is 11.4. The second kappa shape index (κ2) is 6.06. The number of aryl methyl sites for hydroxylation is 1. The molecule has 2 aromatic rings. The molecule has 0 saturated carbocycles. The van der Waals surface area contributed by atoms with Crippen LogP contribution in [0.2, 0.25) is 0 Å². The van der Waals surface area contributed by atoms with Crippen LogP contribution < -0.4 is 5.32 Å². The largest absolute Gasteiger partial charge is 0.467 e. The minimum absolute atomic E-state index is 0.322. The first-order valence-electron chi connectivity index (χ1n) is 6.18. The van der Waals surface area contributed by atoms with Crippen LogP contribution >= 0.6 is 0 Å². The van der Waals surface area contributed by atoms with Gasteiger partial charge in [0.2, 0.25) is 0 Å². The standard InChI is InChI=1S/C15H16N2O3/c1-17-10-6-9-12(17)14(18)16-13(15(19)20-2)11-7-4-3-5-8-11/h3-10,13H,1-2H3,(H,16,18). The molecule has 0 bridgehead atoms. The predicted molar refractivity (Wildman–Crippen MR) is 74.1 cm³/mol. The number of carbonyl (C=O) groups is 2. The highest BCUT2D eigenvalue weighted by Crippen LogP contribution is 2.15. The number of benzene rings is 1. The maximum atomic E-state index is 12.2. The van der Waals surface area contributed by atoms with Crippen LogP contribution in [0.1, 0.15) is 22.1 Å². The number of nitrogens with one attached hydrogen (secondary N) is 1. The van der Waals surface area contributed by atoms with E-state index >= 15 is 0 Å². The lowest BCUT2D eigenvalue weighted by Crippen LogP contribution is -2.35. The number of nitrogens with zero attached hydrogens (tertiary/aromatic N) is 1. The summed E-state index contributed by atoms with van der Waals surface area (Å²) in [5.74, 6) is -0.824. The van der Waals surface area contributed by atoms with Crippen LogP contribution in [-0.2, 0) is 16.6 Å². The van der Waals surface area contributed by atoms with Gasteiger partial charge in [0.05, 0.1) is 7.11 Å². The van der Waals surface area contributed by atoms with E-state index in [-0.39, 0.29) is 5.91 Å². The maximum Gasteiger partial charge on any atom is 0.333 e. The van der Waals surface area contributed by atoms with Gasteiger partial charge in [-0.1, -0.05) is 30.3 Å². The molecule has 1 N–H and O–H groups in total. The van der Waals surface area contributed by atoms with Gasteiger partial charge in [-0.25, -0.2) is 4.79 Å². The van der Waals surface area contributed by atoms with Crippen molar-refractivity contribution < 1.29 is 14.3 Å². The molecule has 1 aromatic carbocycles. The molecule has 0 fully saturated rings. The van der Waals surface area contributed by atoms with Gasteiger partial charge in [0.1, 0.15) is 5.69 Å². The Labute approximate surface area is 117 Å². The van der Waals surface area contributed by atoms with Gasteiger partial charge in [0.15, 0.2) is 6.04 Å². The molecule has 0 radical (unpaired) electrons. The van der Waals surface area contributed by atoms with E-state index < -0.39 is 12.0 Å². The van der Waals surface area contributed by atoms with Crippen LogP contribution in [-0.4, -0.2) is 23.6 Å². The summed E-state index contributed by atoms with van der Waals surface area (Å²) < 4.78 is 6.44. The fraction of sp³-hybridized carbons (Fsp3) is 0.200. The number of aromatic nitrogens is 1. The smallest absolute Gasteiger partial charge is 0.333 e. The van der Waals surface area contributed by atoms with Crippen molar-refractivity contribution >= 4 is 11.9 Å². The Morgan fingerprint density at radius 2 is 1.85 bits per heavy atom. The average Bonchev–Trinajstić information content (AvgIpc) is 2.91. The van der Waals surface area contributed by atoms with Gasteiger partial charge in [-0.2, -0.15) is 0 Å². The summed E-state index contributed by atoms with van der Waals surface area (Å²) in [6, 6.07) is 11.6. The van der Waals surface area contributed by atoms with Gasteiger partial charge in [0.25, 0.3) is 5.91 Å². The van der Waals surface area contributed by atoms with Crippen molar-refractivity contribution in [2.24, 2.45) is 7.05 Å². The first-order chi connectivity index (χ1) is 9.63. The van der Waals surface area contributed by atoms with Crippen LogP contribution in [0.5, 0.6) is 0 Å². The molecule has 5 heteroatoms. The third-order valence-corrected chi connectivity index (χ3v) is 3.02. The van der Waals surface area contributed by atoms with Crippen molar-refractivity contribution in [2.45, 2.75) is 6.04 Å². The quantitative estimate of drug-likeness (QED) is 0.861. The molecule has 5 nitrogen and oxygen atoms in total. The molecule has 1 atom stereocenters. The monoisotopic (exact) mass is 272 g/mol. The van der Waals surface area contributed by atoms with Crippen LogP contribution in [0.3, 0.4) is 0 Å². The molecule has 20 heavy (non-hydrogen) atoms. The lowest BCUT2D eigenvalue weighted by atomic mass is 10.1. The van der Waals surface area contributed by atoms with Crippen molar-refractivity contribution in [3.05, 3.63) is 59.9 Å². The highest BCUT2D eigenvalue weighted by molar-refractivity contribution is 5.95. The van der Waals surface area contributed by atoms with Crippen LogP contribution in [0.15, 0.2) is 48.7 Å². The Bertz CT molecular complexity index is 605. The summed E-state index contributed by atoms with van der Waals surface area (Å²) in [6.45, 7) is 0. The first kappa shape index (κ1) is 13.9. The van der Waals surface area contributed by atoms with E-state index in [0.29, 0.717) is 11.3 Å². The fourth-order valence-corrected chi connectivity index (χ4v) is 1.94. The molecular weight excluding hydrogens is 256 g/mol. The second-order valence-corrected chi connectivity index (χ2v) is 4.34. The maximum absolute atomic E-state index is 12.2. The Morgan fingerprint density at radius 1 is 1.15 bits per heavy atom. The van der Waals surface area contributed by atoms with Gasteiger partial charge in [0, 0.05) is 13.2 Å². The summed E-state index contributed by atoms with van der Waals surface area (Å²) in [6.07, 6.45) is 1.77. The van der Waals surface area contributed by atoms with Gasteiger partial charge < -0.3 is 14.6 Å². The Kier molecular flexibility index (Phi) is 4.20. The molecule has 0 aliphatic carbocycles. The van der Waals surface area contributed by atoms with Gasteiger partial charge in [-0.3, -0.25) is 4.79 Å². The van der Waals surface area contributed by atoms with E-state index in [1.54, 1.807) is 54.2 Å². The molecule has 0 saturated heterocycles. The highest BCUT2D eigenvalue weighted by Gasteiger charge is 2.24. The topological polar surface area (TPSA) is 60.3 Å². The molecule has 0 aliphatic rings. The van der Waals surface area contributed by atoms with E-state index in [4.69, 9.17) is 4.74 Å². The summed E-state index contributed by atoms with van der Waals surface area (Å²) in [7, 11) is 3.07. The van der Waals surface area contributed by atoms with Crippen molar-refractivity contribution in [3.8, 4) is 0 Å². The van der Waals surface area contributed by atoms with E-state index in [2.05, 4.69) is 5.32 Å². The predicted octanol–water partition coefficient (Wildman–Crippen LogP) is 1.67. The minimum atomic E-state index is -0.816. The molecule has 1 amide bonds. The van der Waals surface area contributed by atoms with E-state index in [9.17, 15) is 9.59 Å². The fourth-order valence-electron chi connectivity index (χ4n) is 1.94. The molecule has 2 rings (SSSR count). The Balaban J connectivity index is 2.23. The number of amides is 1. The summed E-state index contributed by atoms with van der Waals surface area (Å²) in [4.78, 5) is 24.0.